The minimum Gasteiger partial charge on any atom is -0.497 e. The second-order valence-electron chi connectivity index (χ2n) is 4.64. The molecule has 0 aliphatic rings. The summed E-state index contributed by atoms with van der Waals surface area (Å²) in [6.45, 7) is 0.596. The van der Waals surface area contributed by atoms with Gasteiger partial charge in [-0.15, -0.1) is 0 Å². The zero-order valence-corrected chi connectivity index (χ0v) is 11.8. The third kappa shape index (κ3) is 4.04. The van der Waals surface area contributed by atoms with E-state index in [4.69, 9.17) is 4.74 Å². The van der Waals surface area contributed by atoms with Crippen LogP contribution in [0.3, 0.4) is 0 Å². The molecule has 4 heteroatoms. The molecule has 0 fully saturated rings. The van der Waals surface area contributed by atoms with Gasteiger partial charge in [-0.25, -0.2) is 4.39 Å². The lowest BCUT2D eigenvalue weighted by atomic mass is 10.1. The number of methoxy groups -OCH3 is 1. The smallest absolute Gasteiger partial charge is 0.129 e. The summed E-state index contributed by atoms with van der Waals surface area (Å²) in [5, 5.41) is 12.2. The average Bonchev–Trinajstić information content (AvgIpc) is 2.53. The van der Waals surface area contributed by atoms with Crippen LogP contribution in [-0.4, -0.2) is 13.7 Å². The summed E-state index contributed by atoms with van der Waals surface area (Å²) < 4.78 is 18.8. The summed E-state index contributed by atoms with van der Waals surface area (Å²) in [5.74, 6) is 0.453. The topological polar surface area (TPSA) is 45.0 Å². The highest BCUT2D eigenvalue weighted by Gasteiger charge is 2.13. The summed E-state index contributed by atoms with van der Waals surface area (Å²) in [5.41, 5.74) is 1.52. The zero-order chi connectivity index (χ0) is 15.1. The molecule has 0 spiro atoms. The van der Waals surface area contributed by atoms with Crippen molar-refractivity contribution in [1.29, 1.82) is 5.26 Å². The fourth-order valence-corrected chi connectivity index (χ4v) is 2.09. The number of nitrogens with one attached hydrogen (secondary N) is 1. The van der Waals surface area contributed by atoms with Gasteiger partial charge in [-0.3, -0.25) is 5.32 Å². The fourth-order valence-electron chi connectivity index (χ4n) is 2.09. The molecule has 21 heavy (non-hydrogen) atoms. The van der Waals surface area contributed by atoms with Crippen molar-refractivity contribution in [2.45, 2.75) is 12.5 Å². The molecule has 2 rings (SSSR count). The average molecular weight is 284 g/mol. The highest BCUT2D eigenvalue weighted by atomic mass is 19.1. The van der Waals surface area contributed by atoms with E-state index >= 15 is 0 Å². The van der Waals surface area contributed by atoms with Crippen molar-refractivity contribution in [1.82, 2.24) is 5.32 Å². The van der Waals surface area contributed by atoms with Gasteiger partial charge in [0.2, 0.25) is 0 Å². The van der Waals surface area contributed by atoms with Crippen LogP contribution in [0, 0.1) is 17.1 Å². The summed E-state index contributed by atoms with van der Waals surface area (Å²) in [6, 6.07) is 15.5. The molecular weight excluding hydrogens is 267 g/mol. The summed E-state index contributed by atoms with van der Waals surface area (Å²) in [7, 11) is 1.63. The van der Waals surface area contributed by atoms with Gasteiger partial charge in [0, 0.05) is 12.1 Å². The molecule has 0 radical (unpaired) electrons. The molecule has 2 aromatic rings. The van der Waals surface area contributed by atoms with E-state index in [0.29, 0.717) is 12.1 Å². The van der Waals surface area contributed by atoms with Crippen molar-refractivity contribution in [3.63, 3.8) is 0 Å². The standard InChI is InChI=1S/C17H17FN2O/c1-21-14-8-6-13(7-9-14)10-11-20-17(12-19)15-4-2-3-5-16(15)18/h2-9,17,20H,10-11H2,1H3. The quantitative estimate of drug-likeness (QED) is 0.885. The first-order valence-corrected chi connectivity index (χ1v) is 6.75. The predicted molar refractivity (Wildman–Crippen MR) is 79.5 cm³/mol. The number of rotatable bonds is 6. The van der Waals surface area contributed by atoms with E-state index in [0.717, 1.165) is 17.7 Å². The molecule has 0 heterocycles. The van der Waals surface area contributed by atoms with Crippen molar-refractivity contribution in [2.24, 2.45) is 0 Å². The summed E-state index contributed by atoms with van der Waals surface area (Å²) in [6.07, 6.45) is 0.761. The van der Waals surface area contributed by atoms with Gasteiger partial charge in [0.15, 0.2) is 0 Å². The van der Waals surface area contributed by atoms with Crippen LogP contribution in [0.5, 0.6) is 5.75 Å². The van der Waals surface area contributed by atoms with Crippen molar-refractivity contribution in [3.05, 3.63) is 65.5 Å². The van der Waals surface area contributed by atoms with E-state index in [9.17, 15) is 9.65 Å². The number of ether oxygens (including phenoxy) is 1. The first-order valence-electron chi connectivity index (χ1n) is 6.75. The third-order valence-electron chi connectivity index (χ3n) is 3.27. The molecular formula is C17H17FN2O. The Morgan fingerprint density at radius 3 is 2.52 bits per heavy atom. The Bertz CT molecular complexity index is 619. The van der Waals surface area contributed by atoms with E-state index < -0.39 is 6.04 Å². The second kappa shape index (κ2) is 7.41. The molecule has 1 unspecified atom stereocenters. The molecule has 0 amide bonds. The highest BCUT2D eigenvalue weighted by Crippen LogP contribution is 2.16. The SMILES string of the molecule is COc1ccc(CCNC(C#N)c2ccccc2F)cc1. The third-order valence-corrected chi connectivity index (χ3v) is 3.27. The van der Waals surface area contributed by atoms with Crippen LogP contribution in [0.4, 0.5) is 4.39 Å². The van der Waals surface area contributed by atoms with E-state index in [2.05, 4.69) is 11.4 Å². The monoisotopic (exact) mass is 284 g/mol. The zero-order valence-electron chi connectivity index (χ0n) is 11.8. The van der Waals surface area contributed by atoms with Gasteiger partial charge in [0.05, 0.1) is 13.2 Å². The molecule has 0 saturated carbocycles. The molecule has 1 N–H and O–H groups in total. The Balaban J connectivity index is 1.92. The Morgan fingerprint density at radius 1 is 1.19 bits per heavy atom. The van der Waals surface area contributed by atoms with Crippen molar-refractivity contribution in [3.8, 4) is 11.8 Å². The normalized spacial score (nSPS) is 11.7. The number of nitrogens with zero attached hydrogens (tertiary/aromatic N) is 1. The molecule has 0 saturated heterocycles. The van der Waals surface area contributed by atoms with Crippen LogP contribution < -0.4 is 10.1 Å². The van der Waals surface area contributed by atoms with Gasteiger partial charge >= 0.3 is 0 Å². The number of benzene rings is 2. The molecule has 3 nitrogen and oxygen atoms in total. The maximum absolute atomic E-state index is 13.7. The lowest BCUT2D eigenvalue weighted by molar-refractivity contribution is 0.414. The van der Waals surface area contributed by atoms with E-state index in [1.165, 1.54) is 6.07 Å². The first-order chi connectivity index (χ1) is 10.2. The minimum absolute atomic E-state index is 0.360. The van der Waals surface area contributed by atoms with E-state index in [-0.39, 0.29) is 5.82 Å². The molecule has 0 aromatic heterocycles. The van der Waals surface area contributed by atoms with Gasteiger partial charge < -0.3 is 4.74 Å². The number of hydrogen-bond acceptors (Lipinski definition) is 3. The van der Waals surface area contributed by atoms with Gasteiger partial charge in [-0.1, -0.05) is 30.3 Å². The van der Waals surface area contributed by atoms with E-state index in [1.807, 2.05) is 24.3 Å². The van der Waals surface area contributed by atoms with Gasteiger partial charge in [0.25, 0.3) is 0 Å². The molecule has 0 bridgehead atoms. The molecule has 1 atom stereocenters. The van der Waals surface area contributed by atoms with Crippen LogP contribution in [-0.2, 0) is 6.42 Å². The van der Waals surface area contributed by atoms with E-state index in [1.54, 1.807) is 25.3 Å². The van der Waals surface area contributed by atoms with Crippen LogP contribution in [0.15, 0.2) is 48.5 Å². The number of nitriles is 1. The van der Waals surface area contributed by atoms with Crippen LogP contribution in [0.2, 0.25) is 0 Å². The van der Waals surface area contributed by atoms with Gasteiger partial charge in [-0.05, 0) is 30.2 Å². The lowest BCUT2D eigenvalue weighted by Gasteiger charge is -2.12. The number of hydrogen-bond donors (Lipinski definition) is 1. The molecule has 2 aromatic carbocycles. The van der Waals surface area contributed by atoms with Gasteiger partial charge in [0.1, 0.15) is 17.6 Å². The summed E-state index contributed by atoms with van der Waals surface area (Å²) in [4.78, 5) is 0. The predicted octanol–water partition coefficient (Wildman–Crippen LogP) is 3.23. The van der Waals surface area contributed by atoms with Crippen molar-refractivity contribution >= 4 is 0 Å². The molecule has 108 valence electrons. The Kier molecular flexibility index (Phi) is 5.30. The maximum atomic E-state index is 13.7. The minimum atomic E-state index is -0.635. The first kappa shape index (κ1) is 15.0. The van der Waals surface area contributed by atoms with Crippen molar-refractivity contribution in [2.75, 3.05) is 13.7 Å². The largest absolute Gasteiger partial charge is 0.497 e. The number of halogens is 1. The second-order valence-corrected chi connectivity index (χ2v) is 4.64. The highest BCUT2D eigenvalue weighted by molar-refractivity contribution is 5.28. The summed E-state index contributed by atoms with van der Waals surface area (Å²) >= 11 is 0. The van der Waals surface area contributed by atoms with Gasteiger partial charge in [-0.2, -0.15) is 5.26 Å². The maximum Gasteiger partial charge on any atom is 0.129 e. The van der Waals surface area contributed by atoms with Crippen LogP contribution in [0.25, 0.3) is 0 Å². The lowest BCUT2D eigenvalue weighted by Crippen LogP contribution is -2.23. The van der Waals surface area contributed by atoms with Crippen LogP contribution >= 0.6 is 0 Å². The Labute approximate surface area is 124 Å². The Hall–Kier alpha value is -2.38. The fraction of sp³-hybridized carbons (Fsp3) is 0.235. The molecule has 0 aliphatic carbocycles. The van der Waals surface area contributed by atoms with Crippen molar-refractivity contribution < 1.29 is 9.13 Å². The van der Waals surface area contributed by atoms with Crippen LogP contribution in [0.1, 0.15) is 17.2 Å². The Morgan fingerprint density at radius 2 is 1.90 bits per heavy atom. The molecule has 0 aliphatic heterocycles.